The smallest absolute Gasteiger partial charge is 0.185 e. The minimum absolute atomic E-state index is 0.152. The summed E-state index contributed by atoms with van der Waals surface area (Å²) in [7, 11) is 0. The van der Waals surface area contributed by atoms with Crippen molar-refractivity contribution in [2.75, 3.05) is 0 Å². The van der Waals surface area contributed by atoms with E-state index in [-0.39, 0.29) is 23.6 Å². The van der Waals surface area contributed by atoms with Crippen molar-refractivity contribution in [3.05, 3.63) is 65.5 Å². The van der Waals surface area contributed by atoms with Crippen molar-refractivity contribution in [1.29, 1.82) is 0 Å². The van der Waals surface area contributed by atoms with Crippen LogP contribution in [0.3, 0.4) is 0 Å². The van der Waals surface area contributed by atoms with Gasteiger partial charge >= 0.3 is 0 Å². The number of nitrogens with zero attached hydrogens (tertiary/aromatic N) is 3. The Morgan fingerprint density at radius 3 is 2.62 bits per heavy atom. The van der Waals surface area contributed by atoms with E-state index in [1.54, 1.807) is 12.4 Å². The number of rotatable bonds is 3. The number of ketones is 1. The Hall–Kier alpha value is -2.69. The van der Waals surface area contributed by atoms with E-state index >= 15 is 0 Å². The number of hydrogen-bond donors (Lipinski definition) is 0. The molecule has 0 radical (unpaired) electrons. The van der Waals surface area contributed by atoms with Crippen LogP contribution in [0.2, 0.25) is 0 Å². The van der Waals surface area contributed by atoms with Gasteiger partial charge in [-0.3, -0.25) is 14.8 Å². The molecule has 0 amide bonds. The van der Waals surface area contributed by atoms with Gasteiger partial charge in [0.25, 0.3) is 0 Å². The van der Waals surface area contributed by atoms with Crippen LogP contribution in [-0.2, 0) is 6.42 Å². The summed E-state index contributed by atoms with van der Waals surface area (Å²) in [6.45, 7) is 1.54. The standard InChI is InChI=1S/C16H12FN3O/c1-10-12(17)3-5-14(20-10)16(21)9-11-2-4-13-15(8-11)19-7-6-18-13/h2-8H,9H2,1H3. The molecule has 0 atom stereocenters. The summed E-state index contributed by atoms with van der Waals surface area (Å²) < 4.78 is 13.2. The number of hydrogen-bond acceptors (Lipinski definition) is 4. The number of aryl methyl sites for hydroxylation is 1. The minimum atomic E-state index is -0.410. The third-order valence-corrected chi connectivity index (χ3v) is 3.21. The number of halogens is 1. The van der Waals surface area contributed by atoms with Gasteiger partial charge in [-0.05, 0) is 36.8 Å². The fourth-order valence-electron chi connectivity index (χ4n) is 2.09. The van der Waals surface area contributed by atoms with E-state index in [1.807, 2.05) is 18.2 Å². The predicted octanol–water partition coefficient (Wildman–Crippen LogP) is 2.90. The predicted molar refractivity (Wildman–Crippen MR) is 76.5 cm³/mol. The summed E-state index contributed by atoms with van der Waals surface area (Å²) in [5.74, 6) is -0.561. The van der Waals surface area contributed by atoms with Crippen LogP contribution in [0, 0.1) is 12.7 Å². The van der Waals surface area contributed by atoms with Gasteiger partial charge in [0.05, 0.1) is 16.7 Å². The van der Waals surface area contributed by atoms with Crippen molar-refractivity contribution < 1.29 is 9.18 Å². The van der Waals surface area contributed by atoms with Gasteiger partial charge < -0.3 is 0 Å². The van der Waals surface area contributed by atoms with Gasteiger partial charge in [-0.1, -0.05) is 6.07 Å². The Labute approximate surface area is 120 Å². The summed E-state index contributed by atoms with van der Waals surface area (Å²) >= 11 is 0. The highest BCUT2D eigenvalue weighted by Crippen LogP contribution is 2.13. The van der Waals surface area contributed by atoms with Crippen molar-refractivity contribution in [3.63, 3.8) is 0 Å². The molecule has 1 aromatic carbocycles. The first kappa shape index (κ1) is 13.3. The van der Waals surface area contributed by atoms with Gasteiger partial charge in [0.2, 0.25) is 0 Å². The molecule has 0 aliphatic heterocycles. The first-order chi connectivity index (χ1) is 10.1. The number of carbonyl (C=O) groups excluding carboxylic acids is 1. The van der Waals surface area contributed by atoms with Gasteiger partial charge in [-0.25, -0.2) is 9.37 Å². The van der Waals surface area contributed by atoms with E-state index in [2.05, 4.69) is 15.0 Å². The fourth-order valence-corrected chi connectivity index (χ4v) is 2.09. The highest BCUT2D eigenvalue weighted by atomic mass is 19.1. The molecule has 0 aliphatic rings. The van der Waals surface area contributed by atoms with E-state index in [1.165, 1.54) is 19.1 Å². The van der Waals surface area contributed by atoms with Crippen LogP contribution < -0.4 is 0 Å². The van der Waals surface area contributed by atoms with Crippen LogP contribution >= 0.6 is 0 Å². The molecule has 104 valence electrons. The molecule has 3 rings (SSSR count). The summed E-state index contributed by atoms with van der Waals surface area (Å²) in [6.07, 6.45) is 3.43. The number of benzene rings is 1. The molecule has 0 unspecified atom stereocenters. The van der Waals surface area contributed by atoms with E-state index in [4.69, 9.17) is 0 Å². The highest BCUT2D eigenvalue weighted by molar-refractivity contribution is 5.96. The Kier molecular flexibility index (Phi) is 3.39. The maximum atomic E-state index is 13.2. The largest absolute Gasteiger partial charge is 0.292 e. The summed E-state index contributed by atoms with van der Waals surface area (Å²) in [5.41, 5.74) is 2.85. The SMILES string of the molecule is Cc1nc(C(=O)Cc2ccc3nccnc3c2)ccc1F. The molecule has 0 aliphatic carbocycles. The Bertz CT molecular complexity index is 833. The Morgan fingerprint density at radius 1 is 1.10 bits per heavy atom. The van der Waals surface area contributed by atoms with Crippen LogP contribution in [0.15, 0.2) is 42.7 Å². The summed E-state index contributed by atoms with van der Waals surface area (Å²) in [6, 6.07) is 8.17. The van der Waals surface area contributed by atoms with E-state index in [0.29, 0.717) is 0 Å². The van der Waals surface area contributed by atoms with E-state index in [9.17, 15) is 9.18 Å². The van der Waals surface area contributed by atoms with Gasteiger partial charge in [0.1, 0.15) is 11.5 Å². The van der Waals surface area contributed by atoms with Crippen molar-refractivity contribution in [2.24, 2.45) is 0 Å². The summed E-state index contributed by atoms with van der Waals surface area (Å²) in [4.78, 5) is 24.6. The van der Waals surface area contributed by atoms with Crippen LogP contribution in [-0.4, -0.2) is 20.7 Å². The quantitative estimate of drug-likeness (QED) is 0.693. The van der Waals surface area contributed by atoms with Crippen LogP contribution in [0.5, 0.6) is 0 Å². The number of fused-ring (bicyclic) bond motifs is 1. The second-order valence-electron chi connectivity index (χ2n) is 4.74. The lowest BCUT2D eigenvalue weighted by Gasteiger charge is -2.04. The third-order valence-electron chi connectivity index (χ3n) is 3.21. The van der Waals surface area contributed by atoms with Crippen molar-refractivity contribution >= 4 is 16.8 Å². The Morgan fingerprint density at radius 2 is 1.86 bits per heavy atom. The fraction of sp³-hybridized carbons (Fsp3) is 0.125. The molecule has 21 heavy (non-hydrogen) atoms. The normalized spacial score (nSPS) is 10.8. The Balaban J connectivity index is 1.87. The number of Topliss-reactive ketones (excluding diaryl/α,β-unsaturated/α-hetero) is 1. The molecule has 0 fully saturated rings. The highest BCUT2D eigenvalue weighted by Gasteiger charge is 2.11. The van der Waals surface area contributed by atoms with Crippen LogP contribution in [0.1, 0.15) is 21.7 Å². The average Bonchev–Trinajstić information content (AvgIpc) is 2.50. The molecule has 2 aromatic heterocycles. The molecule has 0 spiro atoms. The average molecular weight is 281 g/mol. The zero-order valence-electron chi connectivity index (χ0n) is 11.4. The number of carbonyl (C=O) groups is 1. The second-order valence-corrected chi connectivity index (χ2v) is 4.74. The first-order valence-corrected chi connectivity index (χ1v) is 6.49. The zero-order valence-corrected chi connectivity index (χ0v) is 11.4. The first-order valence-electron chi connectivity index (χ1n) is 6.49. The molecule has 0 bridgehead atoms. The topological polar surface area (TPSA) is 55.7 Å². The number of pyridine rings is 1. The van der Waals surface area contributed by atoms with Crippen molar-refractivity contribution in [2.45, 2.75) is 13.3 Å². The molecule has 0 saturated heterocycles. The van der Waals surface area contributed by atoms with Crippen molar-refractivity contribution in [1.82, 2.24) is 15.0 Å². The van der Waals surface area contributed by atoms with Gasteiger partial charge in [-0.2, -0.15) is 0 Å². The zero-order chi connectivity index (χ0) is 14.8. The molecule has 0 saturated carbocycles. The lowest BCUT2D eigenvalue weighted by Crippen LogP contribution is -2.07. The van der Waals surface area contributed by atoms with E-state index < -0.39 is 5.82 Å². The minimum Gasteiger partial charge on any atom is -0.292 e. The lowest BCUT2D eigenvalue weighted by atomic mass is 10.1. The monoisotopic (exact) mass is 281 g/mol. The molecule has 0 N–H and O–H groups in total. The number of aromatic nitrogens is 3. The van der Waals surface area contributed by atoms with E-state index in [0.717, 1.165) is 16.6 Å². The third kappa shape index (κ3) is 2.76. The molecule has 2 heterocycles. The molecular formula is C16H12FN3O. The maximum Gasteiger partial charge on any atom is 0.185 e. The van der Waals surface area contributed by atoms with Gasteiger partial charge in [0, 0.05) is 18.8 Å². The maximum absolute atomic E-state index is 13.2. The van der Waals surface area contributed by atoms with Crippen LogP contribution in [0.4, 0.5) is 4.39 Å². The molecular weight excluding hydrogens is 269 g/mol. The van der Waals surface area contributed by atoms with Gasteiger partial charge in [0.15, 0.2) is 5.78 Å². The molecule has 4 nitrogen and oxygen atoms in total. The van der Waals surface area contributed by atoms with Crippen molar-refractivity contribution in [3.8, 4) is 0 Å². The molecule has 3 aromatic rings. The lowest BCUT2D eigenvalue weighted by molar-refractivity contribution is 0.0988. The second kappa shape index (κ2) is 5.36. The van der Waals surface area contributed by atoms with Crippen LogP contribution in [0.25, 0.3) is 11.0 Å². The van der Waals surface area contributed by atoms with Gasteiger partial charge in [-0.15, -0.1) is 0 Å². The summed E-state index contributed by atoms with van der Waals surface area (Å²) in [5, 5.41) is 0. The molecule has 5 heteroatoms.